The minimum atomic E-state index is -5.07. The van der Waals surface area contributed by atoms with Crippen LogP contribution in [0.25, 0.3) is 0 Å². The summed E-state index contributed by atoms with van der Waals surface area (Å²) >= 11 is 0. The fourth-order valence-corrected chi connectivity index (χ4v) is 4.24. The molecule has 0 radical (unpaired) electrons. The Balaban J connectivity index is 4.04. The van der Waals surface area contributed by atoms with Gasteiger partial charge in [0.15, 0.2) is 0 Å². The molecule has 0 saturated heterocycles. The molecule has 0 saturated carbocycles. The molecule has 29 heavy (non-hydrogen) atoms. The summed E-state index contributed by atoms with van der Waals surface area (Å²) in [5.41, 5.74) is 3.79. The molecule has 0 aliphatic carbocycles. The van der Waals surface area contributed by atoms with Crippen LogP contribution in [0.1, 0.15) is 79.6 Å². The number of rotatable bonds is 15. The van der Waals surface area contributed by atoms with Gasteiger partial charge in [0.2, 0.25) is 0 Å². The summed E-state index contributed by atoms with van der Waals surface area (Å²) in [6.07, 6.45) is 13.6. The van der Waals surface area contributed by atoms with Crippen molar-refractivity contribution in [2.75, 3.05) is 6.61 Å². The van der Waals surface area contributed by atoms with Crippen LogP contribution in [0.5, 0.6) is 0 Å². The maximum absolute atomic E-state index is 11.3. The summed E-state index contributed by atoms with van der Waals surface area (Å²) in [5.74, 6) is 0.621. The Morgan fingerprint density at radius 3 is 2.10 bits per heavy atom. The fourth-order valence-electron chi connectivity index (χ4n) is 2.71. The number of phosphoric acid groups is 2. The van der Waals surface area contributed by atoms with Gasteiger partial charge in [-0.15, -0.1) is 0 Å². The molecule has 0 aromatic carbocycles. The van der Waals surface area contributed by atoms with E-state index in [1.165, 1.54) is 11.1 Å². The molecule has 0 bridgehead atoms. The molecule has 3 N–H and O–H groups in total. The van der Waals surface area contributed by atoms with Crippen molar-refractivity contribution >= 4 is 15.6 Å². The van der Waals surface area contributed by atoms with Gasteiger partial charge in [-0.2, -0.15) is 4.31 Å². The molecule has 0 aliphatic rings. The predicted molar refractivity (Wildman–Crippen MR) is 117 cm³/mol. The Bertz CT molecular complexity index is 658. The topological polar surface area (TPSA) is 113 Å². The second-order valence-electron chi connectivity index (χ2n) is 7.83. The molecule has 0 amide bonds. The minimum absolute atomic E-state index is 0.244. The van der Waals surface area contributed by atoms with E-state index < -0.39 is 15.6 Å². The SMILES string of the molecule is CC(C)=CCC/C(C)=C/CC[C@@H](C)CCC/C(C)=C/COP(=O)(O)OP(=O)(O)O. The quantitative estimate of drug-likeness (QED) is 0.194. The first kappa shape index (κ1) is 28.5. The van der Waals surface area contributed by atoms with E-state index in [2.05, 4.69) is 48.7 Å². The van der Waals surface area contributed by atoms with Crippen LogP contribution in [-0.2, 0) is 18.0 Å². The van der Waals surface area contributed by atoms with E-state index >= 15 is 0 Å². The molecule has 0 rings (SSSR count). The number of phosphoric ester groups is 1. The Morgan fingerprint density at radius 2 is 1.52 bits per heavy atom. The normalized spacial score (nSPS) is 16.4. The molecule has 9 heteroatoms. The summed E-state index contributed by atoms with van der Waals surface area (Å²) in [7, 11) is -9.83. The Hall–Kier alpha value is -0.520. The maximum atomic E-state index is 11.3. The molecule has 7 nitrogen and oxygen atoms in total. The summed E-state index contributed by atoms with van der Waals surface area (Å²) in [4.78, 5) is 26.3. The standard InChI is InChI=1S/C20H38O7P2/c1-17(2)9-6-10-18(3)11-7-12-19(4)13-8-14-20(5)15-16-26-29(24,25)27-28(21,22)23/h9,11,15,19H,6-8,10,12-14,16H2,1-5H3,(H,24,25)(H2,21,22,23)/b18-11+,20-15+/t19-/m1/s1. The van der Waals surface area contributed by atoms with Crippen LogP contribution in [0.4, 0.5) is 0 Å². The predicted octanol–water partition coefficient (Wildman–Crippen LogP) is 6.44. The van der Waals surface area contributed by atoms with Gasteiger partial charge in [0, 0.05) is 0 Å². The van der Waals surface area contributed by atoms with Gasteiger partial charge in [-0.1, -0.05) is 48.3 Å². The van der Waals surface area contributed by atoms with Crippen molar-refractivity contribution in [1.29, 1.82) is 0 Å². The number of allylic oxidation sites excluding steroid dienone is 5. The Labute approximate surface area is 175 Å². The Morgan fingerprint density at radius 1 is 0.897 bits per heavy atom. The van der Waals surface area contributed by atoms with Crippen LogP contribution >= 0.6 is 15.6 Å². The average Bonchev–Trinajstić information content (AvgIpc) is 2.51. The van der Waals surface area contributed by atoms with Crippen molar-refractivity contribution in [2.45, 2.75) is 79.6 Å². The van der Waals surface area contributed by atoms with Crippen molar-refractivity contribution in [1.82, 2.24) is 0 Å². The second kappa shape index (κ2) is 14.5. The van der Waals surface area contributed by atoms with Crippen molar-refractivity contribution in [3.8, 4) is 0 Å². The number of hydrogen-bond donors (Lipinski definition) is 3. The van der Waals surface area contributed by atoms with Gasteiger partial charge in [-0.05, 0) is 72.1 Å². The van der Waals surface area contributed by atoms with E-state index in [1.807, 2.05) is 6.92 Å². The maximum Gasteiger partial charge on any atom is 0.481 e. The van der Waals surface area contributed by atoms with Gasteiger partial charge in [0.25, 0.3) is 0 Å². The zero-order valence-electron chi connectivity index (χ0n) is 18.3. The van der Waals surface area contributed by atoms with E-state index in [9.17, 15) is 14.0 Å². The lowest BCUT2D eigenvalue weighted by Crippen LogP contribution is -1.96. The third-order valence-electron chi connectivity index (χ3n) is 4.39. The third kappa shape index (κ3) is 19.2. The molecule has 0 aromatic heterocycles. The van der Waals surface area contributed by atoms with Crippen molar-refractivity contribution in [3.63, 3.8) is 0 Å². The van der Waals surface area contributed by atoms with Gasteiger partial charge in [0.05, 0.1) is 6.61 Å². The van der Waals surface area contributed by atoms with Gasteiger partial charge >= 0.3 is 15.6 Å². The van der Waals surface area contributed by atoms with Gasteiger partial charge in [0.1, 0.15) is 0 Å². The van der Waals surface area contributed by atoms with E-state index in [4.69, 9.17) is 9.79 Å². The van der Waals surface area contributed by atoms with E-state index in [0.717, 1.165) is 50.5 Å². The lowest BCUT2D eigenvalue weighted by Gasteiger charge is -2.12. The fraction of sp³-hybridized carbons (Fsp3) is 0.700. The second-order valence-corrected chi connectivity index (χ2v) is 10.7. The van der Waals surface area contributed by atoms with E-state index in [1.54, 1.807) is 6.08 Å². The molecular weight excluding hydrogens is 414 g/mol. The summed E-state index contributed by atoms with van der Waals surface area (Å²) in [6, 6.07) is 0. The van der Waals surface area contributed by atoms with Crippen molar-refractivity contribution in [3.05, 3.63) is 34.9 Å². The summed E-state index contributed by atoms with van der Waals surface area (Å²) < 4.78 is 30.2. The van der Waals surface area contributed by atoms with Gasteiger partial charge in [-0.25, -0.2) is 9.13 Å². The van der Waals surface area contributed by atoms with Gasteiger partial charge in [-0.3, -0.25) is 4.52 Å². The van der Waals surface area contributed by atoms with Crippen LogP contribution in [0.3, 0.4) is 0 Å². The lowest BCUT2D eigenvalue weighted by atomic mass is 9.96. The van der Waals surface area contributed by atoms with Crippen LogP contribution in [0.15, 0.2) is 34.9 Å². The largest absolute Gasteiger partial charge is 0.481 e. The first-order valence-electron chi connectivity index (χ1n) is 9.99. The van der Waals surface area contributed by atoms with Crippen LogP contribution in [-0.4, -0.2) is 21.3 Å². The highest BCUT2D eigenvalue weighted by atomic mass is 31.3. The first-order valence-corrected chi connectivity index (χ1v) is 13.0. The summed E-state index contributed by atoms with van der Waals surface area (Å²) in [6.45, 7) is 10.3. The average molecular weight is 452 g/mol. The van der Waals surface area contributed by atoms with Crippen LogP contribution in [0.2, 0.25) is 0 Å². The molecule has 0 spiro atoms. The molecule has 0 heterocycles. The lowest BCUT2D eigenvalue weighted by molar-refractivity contribution is 0.191. The van der Waals surface area contributed by atoms with E-state index in [-0.39, 0.29) is 6.61 Å². The smallest absolute Gasteiger partial charge is 0.302 e. The van der Waals surface area contributed by atoms with Crippen LogP contribution < -0.4 is 0 Å². The molecular formula is C20H38O7P2. The minimum Gasteiger partial charge on any atom is -0.302 e. The highest BCUT2D eigenvalue weighted by molar-refractivity contribution is 7.60. The van der Waals surface area contributed by atoms with Crippen LogP contribution in [0, 0.1) is 5.92 Å². The highest BCUT2D eigenvalue weighted by Gasteiger charge is 2.31. The first-order chi connectivity index (χ1) is 13.3. The molecule has 0 aliphatic heterocycles. The number of hydrogen-bond acceptors (Lipinski definition) is 4. The van der Waals surface area contributed by atoms with Crippen molar-refractivity contribution in [2.24, 2.45) is 5.92 Å². The third-order valence-corrected chi connectivity index (χ3v) is 6.54. The molecule has 0 fully saturated rings. The molecule has 170 valence electrons. The zero-order chi connectivity index (χ0) is 22.5. The molecule has 0 aromatic rings. The van der Waals surface area contributed by atoms with E-state index in [0.29, 0.717) is 5.92 Å². The zero-order valence-corrected chi connectivity index (χ0v) is 20.1. The molecule has 2 atom stereocenters. The summed E-state index contributed by atoms with van der Waals surface area (Å²) in [5, 5.41) is 0. The Kier molecular flexibility index (Phi) is 14.2. The monoisotopic (exact) mass is 452 g/mol. The van der Waals surface area contributed by atoms with Crippen molar-refractivity contribution < 1.29 is 32.6 Å². The molecule has 1 unspecified atom stereocenters. The van der Waals surface area contributed by atoms with Gasteiger partial charge < -0.3 is 14.7 Å². The highest BCUT2D eigenvalue weighted by Crippen LogP contribution is 2.57.